The van der Waals surface area contributed by atoms with Gasteiger partial charge in [-0.05, 0) is 22.0 Å². The average molecular weight is 324 g/mol. The lowest BCUT2D eigenvalue weighted by Crippen LogP contribution is -2.19. The van der Waals surface area contributed by atoms with Crippen molar-refractivity contribution in [3.05, 3.63) is 28.2 Å². The van der Waals surface area contributed by atoms with Crippen LogP contribution in [0.5, 0.6) is 5.75 Å². The molecule has 0 aliphatic heterocycles. The minimum absolute atomic E-state index is 0.461. The maximum Gasteiger partial charge on any atom is 0.272 e. The van der Waals surface area contributed by atoms with E-state index < -0.39 is 13.0 Å². The van der Waals surface area contributed by atoms with E-state index in [2.05, 4.69) is 21.2 Å². The summed E-state index contributed by atoms with van der Waals surface area (Å²) in [6.45, 7) is 1.23. The highest BCUT2D eigenvalue weighted by molar-refractivity contribution is 9.10. The second-order valence-electron chi connectivity index (χ2n) is 3.60. The van der Waals surface area contributed by atoms with Crippen LogP contribution in [-0.4, -0.2) is 33.3 Å². The summed E-state index contributed by atoms with van der Waals surface area (Å²) in [5, 5.41) is 3.14. The van der Waals surface area contributed by atoms with E-state index in [0.29, 0.717) is 29.9 Å². The van der Waals surface area contributed by atoms with Gasteiger partial charge in [-0.15, -0.1) is 0 Å². The Bertz CT molecular complexity index is 364. The van der Waals surface area contributed by atoms with Crippen LogP contribution in [0, 0.1) is 0 Å². The number of hydrogen-bond donors (Lipinski definition) is 1. The predicted octanol–water partition coefficient (Wildman–Crippen LogP) is 2.83. The van der Waals surface area contributed by atoms with Crippen molar-refractivity contribution in [2.45, 2.75) is 13.0 Å². The van der Waals surface area contributed by atoms with Crippen LogP contribution in [0.4, 0.5) is 8.78 Å². The van der Waals surface area contributed by atoms with E-state index >= 15 is 0 Å². The number of benzene rings is 1. The number of halogens is 3. The molecule has 0 saturated heterocycles. The lowest BCUT2D eigenvalue weighted by Gasteiger charge is -2.13. The molecule has 0 unspecified atom stereocenters. The van der Waals surface area contributed by atoms with Gasteiger partial charge in [0, 0.05) is 25.8 Å². The SMILES string of the molecule is COCCNCc1cccc(Br)c1OCC(F)F. The second kappa shape index (κ2) is 8.39. The van der Waals surface area contributed by atoms with Crippen LogP contribution in [0.2, 0.25) is 0 Å². The fourth-order valence-electron chi connectivity index (χ4n) is 1.40. The third kappa shape index (κ3) is 5.29. The molecule has 1 rings (SSSR count). The summed E-state index contributed by atoms with van der Waals surface area (Å²) >= 11 is 3.30. The summed E-state index contributed by atoms with van der Waals surface area (Å²) in [6, 6.07) is 5.44. The Balaban J connectivity index is 2.61. The number of methoxy groups -OCH3 is 1. The highest BCUT2D eigenvalue weighted by Gasteiger charge is 2.10. The van der Waals surface area contributed by atoms with Crippen molar-refractivity contribution in [2.24, 2.45) is 0 Å². The van der Waals surface area contributed by atoms with E-state index in [9.17, 15) is 8.78 Å². The summed E-state index contributed by atoms with van der Waals surface area (Å²) in [6.07, 6.45) is -2.48. The Labute approximate surface area is 114 Å². The number of ether oxygens (including phenoxy) is 2. The monoisotopic (exact) mass is 323 g/mol. The van der Waals surface area contributed by atoms with Gasteiger partial charge in [-0.25, -0.2) is 8.78 Å². The number of nitrogens with one attached hydrogen (secondary N) is 1. The van der Waals surface area contributed by atoms with Gasteiger partial charge in [0.1, 0.15) is 12.4 Å². The number of alkyl halides is 2. The Morgan fingerprint density at radius 1 is 1.39 bits per heavy atom. The lowest BCUT2D eigenvalue weighted by molar-refractivity contribution is 0.0809. The molecule has 0 bridgehead atoms. The first-order valence-corrected chi connectivity index (χ1v) is 6.32. The van der Waals surface area contributed by atoms with Gasteiger partial charge >= 0.3 is 0 Å². The van der Waals surface area contributed by atoms with Crippen molar-refractivity contribution in [1.82, 2.24) is 5.32 Å². The van der Waals surface area contributed by atoms with Gasteiger partial charge in [0.05, 0.1) is 11.1 Å². The van der Waals surface area contributed by atoms with Crippen LogP contribution in [0.15, 0.2) is 22.7 Å². The molecular weight excluding hydrogens is 308 g/mol. The molecule has 0 atom stereocenters. The topological polar surface area (TPSA) is 30.5 Å². The Morgan fingerprint density at radius 3 is 2.83 bits per heavy atom. The van der Waals surface area contributed by atoms with Crippen molar-refractivity contribution < 1.29 is 18.3 Å². The lowest BCUT2D eigenvalue weighted by atomic mass is 10.2. The average Bonchev–Trinajstić information content (AvgIpc) is 2.33. The molecule has 18 heavy (non-hydrogen) atoms. The standard InChI is InChI=1S/C12H16BrF2NO2/c1-17-6-5-16-7-9-3-2-4-10(13)12(9)18-8-11(14)15/h2-4,11,16H,5-8H2,1H3. The number of rotatable bonds is 8. The van der Waals surface area contributed by atoms with Crippen molar-refractivity contribution in [3.63, 3.8) is 0 Å². The second-order valence-corrected chi connectivity index (χ2v) is 4.45. The van der Waals surface area contributed by atoms with Crippen molar-refractivity contribution in [3.8, 4) is 5.75 Å². The maximum atomic E-state index is 12.2. The first kappa shape index (κ1) is 15.3. The van der Waals surface area contributed by atoms with Crippen molar-refractivity contribution >= 4 is 15.9 Å². The molecule has 0 amide bonds. The highest BCUT2D eigenvalue weighted by atomic mass is 79.9. The van der Waals surface area contributed by atoms with Gasteiger partial charge in [-0.1, -0.05) is 12.1 Å². The molecule has 3 nitrogen and oxygen atoms in total. The molecule has 1 aromatic carbocycles. The summed E-state index contributed by atoms with van der Waals surface area (Å²) in [4.78, 5) is 0. The van der Waals surface area contributed by atoms with Gasteiger partial charge in [-0.2, -0.15) is 0 Å². The predicted molar refractivity (Wildman–Crippen MR) is 69.2 cm³/mol. The summed E-state index contributed by atoms with van der Waals surface area (Å²) in [5.74, 6) is 0.461. The molecule has 0 saturated carbocycles. The Kier molecular flexibility index (Phi) is 7.15. The summed E-state index contributed by atoms with van der Waals surface area (Å²) < 4.78 is 35.0. The molecule has 0 aromatic heterocycles. The fraction of sp³-hybridized carbons (Fsp3) is 0.500. The zero-order chi connectivity index (χ0) is 13.4. The van der Waals surface area contributed by atoms with Gasteiger partial charge in [0.25, 0.3) is 6.43 Å². The highest BCUT2D eigenvalue weighted by Crippen LogP contribution is 2.29. The molecule has 6 heteroatoms. The van der Waals surface area contributed by atoms with Crippen molar-refractivity contribution in [2.75, 3.05) is 26.9 Å². The van der Waals surface area contributed by atoms with Crippen LogP contribution in [-0.2, 0) is 11.3 Å². The minimum atomic E-state index is -2.48. The van der Waals surface area contributed by atoms with Crippen LogP contribution >= 0.6 is 15.9 Å². The van der Waals surface area contributed by atoms with E-state index in [4.69, 9.17) is 9.47 Å². The molecule has 0 aliphatic carbocycles. The zero-order valence-electron chi connectivity index (χ0n) is 10.1. The van der Waals surface area contributed by atoms with E-state index in [1.54, 1.807) is 13.2 Å². The van der Waals surface area contributed by atoms with Gasteiger partial charge in [0.15, 0.2) is 0 Å². The van der Waals surface area contributed by atoms with Crippen LogP contribution < -0.4 is 10.1 Å². The Morgan fingerprint density at radius 2 is 2.17 bits per heavy atom. The third-order valence-electron chi connectivity index (χ3n) is 2.20. The minimum Gasteiger partial charge on any atom is -0.486 e. The molecule has 0 aliphatic rings. The molecule has 0 spiro atoms. The number of para-hydroxylation sites is 1. The normalized spacial score (nSPS) is 10.9. The van der Waals surface area contributed by atoms with Gasteiger partial charge in [-0.3, -0.25) is 0 Å². The van der Waals surface area contributed by atoms with Crippen LogP contribution in [0.25, 0.3) is 0 Å². The van der Waals surface area contributed by atoms with Crippen molar-refractivity contribution in [1.29, 1.82) is 0 Å². The zero-order valence-corrected chi connectivity index (χ0v) is 11.7. The molecule has 0 heterocycles. The van der Waals surface area contributed by atoms with E-state index in [0.717, 1.165) is 5.56 Å². The molecule has 102 valence electrons. The fourth-order valence-corrected chi connectivity index (χ4v) is 1.92. The van der Waals surface area contributed by atoms with Crippen LogP contribution in [0.3, 0.4) is 0 Å². The van der Waals surface area contributed by atoms with Gasteiger partial charge < -0.3 is 14.8 Å². The van der Waals surface area contributed by atoms with Crippen LogP contribution in [0.1, 0.15) is 5.56 Å². The molecule has 0 fully saturated rings. The third-order valence-corrected chi connectivity index (χ3v) is 2.83. The molecular formula is C12H16BrF2NO2. The van der Waals surface area contributed by atoms with E-state index in [1.165, 1.54) is 0 Å². The first-order chi connectivity index (χ1) is 8.65. The Hall–Kier alpha value is -0.720. The first-order valence-electron chi connectivity index (χ1n) is 5.53. The molecule has 0 radical (unpaired) electrons. The summed E-state index contributed by atoms with van der Waals surface area (Å²) in [7, 11) is 1.62. The smallest absolute Gasteiger partial charge is 0.272 e. The number of hydrogen-bond acceptors (Lipinski definition) is 3. The van der Waals surface area contributed by atoms with E-state index in [-0.39, 0.29) is 0 Å². The largest absolute Gasteiger partial charge is 0.486 e. The van der Waals surface area contributed by atoms with E-state index in [1.807, 2.05) is 12.1 Å². The molecule has 1 N–H and O–H groups in total. The summed E-state index contributed by atoms with van der Waals surface area (Å²) in [5.41, 5.74) is 0.834. The quantitative estimate of drug-likeness (QED) is 0.746. The van der Waals surface area contributed by atoms with Gasteiger partial charge in [0.2, 0.25) is 0 Å². The maximum absolute atomic E-state index is 12.2. The molecule has 1 aromatic rings.